The fourth-order valence-corrected chi connectivity index (χ4v) is 3.29. The molecule has 1 aliphatic rings. The Hall–Kier alpha value is -2.66. The first kappa shape index (κ1) is 19.1. The molecule has 5 nitrogen and oxygen atoms in total. The Bertz CT molecular complexity index is 795. The topological polar surface area (TPSA) is 59.8 Å². The number of amides is 1. The summed E-state index contributed by atoms with van der Waals surface area (Å²) in [5, 5.41) is 2.98. The van der Waals surface area contributed by atoms with Gasteiger partial charge in [0.2, 0.25) is 0 Å². The van der Waals surface area contributed by atoms with Crippen LogP contribution in [0.5, 0.6) is 5.75 Å². The van der Waals surface area contributed by atoms with Crippen molar-refractivity contribution in [3.05, 3.63) is 59.7 Å². The number of benzene rings is 2. The van der Waals surface area contributed by atoms with Gasteiger partial charge in [-0.3, -0.25) is 9.59 Å². The maximum absolute atomic E-state index is 12.8. The maximum atomic E-state index is 12.8. The Morgan fingerprint density at radius 1 is 1.11 bits per heavy atom. The highest BCUT2D eigenvalue weighted by Crippen LogP contribution is 2.18. The Morgan fingerprint density at radius 2 is 1.74 bits per heavy atom. The molecule has 0 bridgehead atoms. The predicted molar refractivity (Wildman–Crippen MR) is 105 cm³/mol. The molecule has 1 amide bonds. The summed E-state index contributed by atoms with van der Waals surface area (Å²) in [6.07, 6.45) is 2.33. The average molecular weight is 367 g/mol. The van der Waals surface area contributed by atoms with Crippen LogP contribution < -0.4 is 15.0 Å². The quantitative estimate of drug-likeness (QED) is 0.705. The monoisotopic (exact) mass is 367 g/mol. The van der Waals surface area contributed by atoms with E-state index in [-0.39, 0.29) is 17.7 Å². The van der Waals surface area contributed by atoms with E-state index in [1.165, 1.54) is 17.4 Å². The number of anilines is 1. The summed E-state index contributed by atoms with van der Waals surface area (Å²) in [6.45, 7) is 4.33. The standard InChI is InChI=1S/C22H26N2O3/c1-15(22(26)23-19-8-6-18(7-9-19)16(2)25)24(20-10-11-20)14-17-4-12-21(27-3)13-5-17/h4-9,12-13,15,20H,10-11,14H2,1-3H3,(H,23,26)/p+1/t15-/m0/s1. The fraction of sp³-hybridized carbons (Fsp3) is 0.364. The summed E-state index contributed by atoms with van der Waals surface area (Å²) < 4.78 is 5.22. The molecule has 27 heavy (non-hydrogen) atoms. The first-order valence-electron chi connectivity index (χ1n) is 9.38. The number of methoxy groups -OCH3 is 1. The third kappa shape index (κ3) is 4.95. The van der Waals surface area contributed by atoms with E-state index in [1.807, 2.05) is 19.1 Å². The van der Waals surface area contributed by atoms with Crippen molar-refractivity contribution in [1.82, 2.24) is 0 Å². The molecule has 2 aromatic rings. The van der Waals surface area contributed by atoms with Gasteiger partial charge in [-0.25, -0.2) is 0 Å². The van der Waals surface area contributed by atoms with E-state index >= 15 is 0 Å². The number of quaternary nitrogens is 1. The van der Waals surface area contributed by atoms with Crippen molar-refractivity contribution in [3.63, 3.8) is 0 Å². The molecule has 0 heterocycles. The molecular formula is C22H27N2O3+. The number of rotatable bonds is 8. The number of carbonyl (C=O) groups is 2. The van der Waals surface area contributed by atoms with E-state index < -0.39 is 0 Å². The minimum absolute atomic E-state index is 0.000914. The molecule has 2 atom stereocenters. The smallest absolute Gasteiger partial charge is 0.282 e. The fourth-order valence-electron chi connectivity index (χ4n) is 3.29. The molecule has 2 aromatic carbocycles. The van der Waals surface area contributed by atoms with Gasteiger partial charge in [-0.15, -0.1) is 0 Å². The Kier molecular flexibility index (Phi) is 5.91. The van der Waals surface area contributed by atoms with Gasteiger partial charge >= 0.3 is 0 Å². The zero-order valence-corrected chi connectivity index (χ0v) is 16.1. The van der Waals surface area contributed by atoms with Gasteiger partial charge in [0, 0.05) is 29.7 Å². The molecule has 0 saturated heterocycles. The van der Waals surface area contributed by atoms with Crippen molar-refractivity contribution in [2.75, 3.05) is 12.4 Å². The number of hydrogen-bond acceptors (Lipinski definition) is 3. The lowest BCUT2D eigenvalue weighted by atomic mass is 10.1. The third-order valence-corrected chi connectivity index (χ3v) is 5.18. The Balaban J connectivity index is 1.65. The highest BCUT2D eigenvalue weighted by Gasteiger charge is 2.39. The van der Waals surface area contributed by atoms with Crippen LogP contribution in [-0.2, 0) is 11.3 Å². The molecule has 1 saturated carbocycles. The van der Waals surface area contributed by atoms with Crippen LogP contribution in [0.1, 0.15) is 42.6 Å². The van der Waals surface area contributed by atoms with Gasteiger partial charge in [0.25, 0.3) is 5.91 Å². The Labute approximate surface area is 160 Å². The molecule has 1 fully saturated rings. The average Bonchev–Trinajstić information content (AvgIpc) is 3.51. The van der Waals surface area contributed by atoms with Gasteiger partial charge in [0.05, 0.1) is 13.2 Å². The predicted octanol–water partition coefficient (Wildman–Crippen LogP) is 2.47. The summed E-state index contributed by atoms with van der Waals surface area (Å²) in [4.78, 5) is 25.4. The van der Waals surface area contributed by atoms with E-state index in [4.69, 9.17) is 4.74 Å². The molecule has 2 N–H and O–H groups in total. The molecule has 0 spiro atoms. The van der Waals surface area contributed by atoms with Crippen LogP contribution in [0.25, 0.3) is 0 Å². The normalized spacial score (nSPS) is 15.7. The van der Waals surface area contributed by atoms with Crippen molar-refractivity contribution in [2.45, 2.75) is 45.3 Å². The summed E-state index contributed by atoms with van der Waals surface area (Å²) in [5.74, 6) is 0.859. The number of ether oxygens (including phenoxy) is 1. The van der Waals surface area contributed by atoms with Crippen LogP contribution >= 0.6 is 0 Å². The minimum atomic E-state index is -0.160. The summed E-state index contributed by atoms with van der Waals surface area (Å²) in [6, 6.07) is 15.5. The van der Waals surface area contributed by atoms with Crippen molar-refractivity contribution in [3.8, 4) is 5.75 Å². The SMILES string of the molecule is COc1ccc(C[NH+](C2CC2)[C@@H](C)C(=O)Nc2ccc(C(C)=O)cc2)cc1. The highest BCUT2D eigenvalue weighted by molar-refractivity contribution is 5.96. The van der Waals surface area contributed by atoms with Gasteiger partial charge in [0.15, 0.2) is 11.8 Å². The van der Waals surface area contributed by atoms with Crippen molar-refractivity contribution < 1.29 is 19.2 Å². The van der Waals surface area contributed by atoms with Gasteiger partial charge in [0.1, 0.15) is 12.3 Å². The second-order valence-electron chi connectivity index (χ2n) is 7.22. The molecule has 0 radical (unpaired) electrons. The molecule has 0 aromatic heterocycles. The van der Waals surface area contributed by atoms with Crippen molar-refractivity contribution >= 4 is 17.4 Å². The van der Waals surface area contributed by atoms with E-state index in [0.29, 0.717) is 11.6 Å². The number of Topliss-reactive ketones (excluding diaryl/α,β-unsaturated/α-hetero) is 1. The number of nitrogens with one attached hydrogen (secondary N) is 2. The molecule has 1 unspecified atom stereocenters. The van der Waals surface area contributed by atoms with Crippen LogP contribution in [0.3, 0.4) is 0 Å². The summed E-state index contributed by atoms with van der Waals surface area (Å²) in [5.41, 5.74) is 2.56. The molecule has 142 valence electrons. The van der Waals surface area contributed by atoms with E-state index in [2.05, 4.69) is 17.4 Å². The number of hydrogen-bond donors (Lipinski definition) is 2. The van der Waals surface area contributed by atoms with Gasteiger partial charge in [-0.05, 0) is 62.4 Å². The number of ketones is 1. The van der Waals surface area contributed by atoms with Crippen LogP contribution in [0.4, 0.5) is 5.69 Å². The minimum Gasteiger partial charge on any atom is -0.497 e. The zero-order valence-electron chi connectivity index (χ0n) is 16.1. The van der Waals surface area contributed by atoms with Crippen LogP contribution in [0.2, 0.25) is 0 Å². The molecule has 1 aliphatic carbocycles. The van der Waals surface area contributed by atoms with Gasteiger partial charge in [-0.2, -0.15) is 0 Å². The van der Waals surface area contributed by atoms with Crippen LogP contribution in [0.15, 0.2) is 48.5 Å². The third-order valence-electron chi connectivity index (χ3n) is 5.18. The number of carbonyl (C=O) groups excluding carboxylic acids is 2. The summed E-state index contributed by atoms with van der Waals surface area (Å²) >= 11 is 0. The molecule has 5 heteroatoms. The van der Waals surface area contributed by atoms with Gasteiger partial charge in [-0.1, -0.05) is 0 Å². The molecule has 0 aliphatic heterocycles. The van der Waals surface area contributed by atoms with Gasteiger partial charge < -0.3 is 15.0 Å². The first-order chi connectivity index (χ1) is 13.0. The van der Waals surface area contributed by atoms with Crippen molar-refractivity contribution in [2.24, 2.45) is 0 Å². The lowest BCUT2D eigenvalue weighted by molar-refractivity contribution is -0.938. The van der Waals surface area contributed by atoms with E-state index in [1.54, 1.807) is 31.4 Å². The zero-order chi connectivity index (χ0) is 19.4. The van der Waals surface area contributed by atoms with E-state index in [0.717, 1.165) is 30.8 Å². The summed E-state index contributed by atoms with van der Waals surface area (Å²) in [7, 11) is 1.66. The second-order valence-corrected chi connectivity index (χ2v) is 7.22. The Morgan fingerprint density at radius 3 is 2.26 bits per heavy atom. The van der Waals surface area contributed by atoms with E-state index in [9.17, 15) is 9.59 Å². The second kappa shape index (κ2) is 8.35. The van der Waals surface area contributed by atoms with Crippen LogP contribution in [0, 0.1) is 0 Å². The molecule has 3 rings (SSSR count). The molecular weight excluding hydrogens is 340 g/mol. The first-order valence-corrected chi connectivity index (χ1v) is 9.38. The lowest BCUT2D eigenvalue weighted by Gasteiger charge is -2.25. The van der Waals surface area contributed by atoms with Crippen LogP contribution in [-0.4, -0.2) is 30.9 Å². The highest BCUT2D eigenvalue weighted by atomic mass is 16.5. The van der Waals surface area contributed by atoms with Crippen molar-refractivity contribution in [1.29, 1.82) is 0 Å². The maximum Gasteiger partial charge on any atom is 0.282 e. The lowest BCUT2D eigenvalue weighted by Crippen LogP contribution is -3.16. The largest absolute Gasteiger partial charge is 0.497 e.